The van der Waals surface area contributed by atoms with E-state index < -0.39 is 0 Å². The lowest BCUT2D eigenvalue weighted by atomic mass is 10.1. The summed E-state index contributed by atoms with van der Waals surface area (Å²) in [6.07, 6.45) is 1.44. The Labute approximate surface area is 165 Å². The molecule has 28 heavy (non-hydrogen) atoms. The molecule has 2 aromatic carbocycles. The first-order valence-electron chi connectivity index (χ1n) is 9.64. The summed E-state index contributed by atoms with van der Waals surface area (Å²) in [5, 5.41) is 3.00. The van der Waals surface area contributed by atoms with E-state index in [1.165, 1.54) is 0 Å². The molecule has 2 amide bonds. The minimum absolute atomic E-state index is 0.124. The van der Waals surface area contributed by atoms with Crippen LogP contribution in [0.4, 0.5) is 0 Å². The summed E-state index contributed by atoms with van der Waals surface area (Å²) >= 11 is 0. The number of ether oxygens (including phenoxy) is 2. The van der Waals surface area contributed by atoms with Crippen LogP contribution in [0.2, 0.25) is 0 Å². The number of rotatable bonds is 9. The first-order chi connectivity index (χ1) is 13.7. The largest absolute Gasteiger partial charge is 0.490 e. The van der Waals surface area contributed by atoms with Crippen LogP contribution in [0, 0.1) is 0 Å². The molecule has 1 saturated heterocycles. The Kier molecular flexibility index (Phi) is 6.89. The molecule has 3 rings (SSSR count). The molecule has 0 aliphatic carbocycles. The molecule has 2 aromatic rings. The molecule has 6 heteroatoms. The van der Waals surface area contributed by atoms with Crippen LogP contribution in [0.3, 0.4) is 0 Å². The third-order valence-electron chi connectivity index (χ3n) is 4.62. The Bertz CT molecular complexity index is 794. The summed E-state index contributed by atoms with van der Waals surface area (Å²) < 4.78 is 11.2. The van der Waals surface area contributed by atoms with E-state index in [0.29, 0.717) is 31.1 Å². The molecule has 0 saturated carbocycles. The van der Waals surface area contributed by atoms with E-state index in [1.54, 1.807) is 6.07 Å². The van der Waals surface area contributed by atoms with Crippen molar-refractivity contribution < 1.29 is 19.1 Å². The van der Waals surface area contributed by atoms with Gasteiger partial charge in [0.25, 0.3) is 5.91 Å². The van der Waals surface area contributed by atoms with Crippen molar-refractivity contribution in [2.45, 2.75) is 25.8 Å². The third kappa shape index (κ3) is 5.25. The van der Waals surface area contributed by atoms with E-state index in [4.69, 9.17) is 9.47 Å². The van der Waals surface area contributed by atoms with Crippen LogP contribution in [-0.4, -0.2) is 43.0 Å². The van der Waals surface area contributed by atoms with Crippen molar-refractivity contribution in [2.75, 3.05) is 26.3 Å². The highest BCUT2D eigenvalue weighted by molar-refractivity contribution is 5.79. The number of carbonyl (C=O) groups is 2. The minimum atomic E-state index is -0.276. The molecule has 1 aliphatic heterocycles. The van der Waals surface area contributed by atoms with Crippen molar-refractivity contribution in [2.24, 2.45) is 0 Å². The van der Waals surface area contributed by atoms with Gasteiger partial charge < -0.3 is 19.7 Å². The van der Waals surface area contributed by atoms with Gasteiger partial charge >= 0.3 is 0 Å². The SMILES string of the molecule is CCOc1ccccc1OCC(=O)NC(CN1CCCC1=O)c1ccccc1. The maximum absolute atomic E-state index is 12.5. The molecule has 1 aliphatic rings. The van der Waals surface area contributed by atoms with Crippen LogP contribution in [-0.2, 0) is 9.59 Å². The molecule has 1 N–H and O–H groups in total. The van der Waals surface area contributed by atoms with E-state index in [9.17, 15) is 9.59 Å². The highest BCUT2D eigenvalue weighted by atomic mass is 16.5. The molecule has 148 valence electrons. The maximum Gasteiger partial charge on any atom is 0.258 e. The molecule has 1 atom stereocenters. The van der Waals surface area contributed by atoms with Crippen molar-refractivity contribution in [1.82, 2.24) is 10.2 Å². The zero-order valence-electron chi connectivity index (χ0n) is 16.1. The van der Waals surface area contributed by atoms with Gasteiger partial charge in [-0.2, -0.15) is 0 Å². The summed E-state index contributed by atoms with van der Waals surface area (Å²) in [6, 6.07) is 16.7. The van der Waals surface area contributed by atoms with Crippen molar-refractivity contribution in [3.05, 3.63) is 60.2 Å². The average molecular weight is 382 g/mol. The first-order valence-corrected chi connectivity index (χ1v) is 9.64. The van der Waals surface area contributed by atoms with Crippen molar-refractivity contribution in [1.29, 1.82) is 0 Å². The highest BCUT2D eigenvalue weighted by Crippen LogP contribution is 2.26. The predicted molar refractivity (Wildman–Crippen MR) is 106 cm³/mol. The van der Waals surface area contributed by atoms with Crippen molar-refractivity contribution in [3.8, 4) is 11.5 Å². The Morgan fingerprint density at radius 2 is 1.75 bits per heavy atom. The predicted octanol–water partition coefficient (Wildman–Crippen LogP) is 2.94. The van der Waals surface area contributed by atoms with Gasteiger partial charge in [0, 0.05) is 19.5 Å². The summed E-state index contributed by atoms with van der Waals surface area (Å²) in [5.41, 5.74) is 0.963. The molecule has 6 nitrogen and oxygen atoms in total. The monoisotopic (exact) mass is 382 g/mol. The fourth-order valence-corrected chi connectivity index (χ4v) is 3.26. The summed E-state index contributed by atoms with van der Waals surface area (Å²) in [4.78, 5) is 26.4. The van der Waals surface area contributed by atoms with E-state index in [0.717, 1.165) is 18.5 Å². The number of nitrogens with one attached hydrogen (secondary N) is 1. The Morgan fingerprint density at radius 3 is 2.39 bits per heavy atom. The molecule has 0 bridgehead atoms. The number of para-hydroxylation sites is 2. The van der Waals surface area contributed by atoms with Crippen LogP contribution in [0.25, 0.3) is 0 Å². The van der Waals surface area contributed by atoms with Crippen LogP contribution >= 0.6 is 0 Å². The fraction of sp³-hybridized carbons (Fsp3) is 0.364. The van der Waals surface area contributed by atoms with Crippen molar-refractivity contribution >= 4 is 11.8 Å². The quantitative estimate of drug-likeness (QED) is 0.724. The van der Waals surface area contributed by atoms with Gasteiger partial charge in [0.2, 0.25) is 5.91 Å². The number of hydrogen-bond acceptors (Lipinski definition) is 4. The van der Waals surface area contributed by atoms with Crippen LogP contribution in [0.5, 0.6) is 11.5 Å². The molecule has 1 fully saturated rings. The Hall–Kier alpha value is -3.02. The highest BCUT2D eigenvalue weighted by Gasteiger charge is 2.25. The van der Waals surface area contributed by atoms with E-state index in [2.05, 4.69) is 5.32 Å². The minimum Gasteiger partial charge on any atom is -0.490 e. The summed E-state index contributed by atoms with van der Waals surface area (Å²) in [5.74, 6) is 1.04. The second-order valence-corrected chi connectivity index (χ2v) is 6.64. The molecule has 0 aromatic heterocycles. The zero-order valence-corrected chi connectivity index (χ0v) is 16.1. The van der Waals surface area contributed by atoms with E-state index >= 15 is 0 Å². The molecular formula is C22H26N2O4. The van der Waals surface area contributed by atoms with Gasteiger partial charge in [-0.3, -0.25) is 9.59 Å². The number of hydrogen-bond donors (Lipinski definition) is 1. The average Bonchev–Trinajstić information content (AvgIpc) is 3.12. The normalized spacial score (nSPS) is 14.6. The van der Waals surface area contributed by atoms with Crippen LogP contribution in [0.1, 0.15) is 31.4 Å². The molecule has 0 radical (unpaired) electrons. The number of likely N-dealkylation sites (tertiary alicyclic amines) is 1. The lowest BCUT2D eigenvalue weighted by Gasteiger charge is -2.25. The van der Waals surface area contributed by atoms with Gasteiger partial charge in [-0.15, -0.1) is 0 Å². The fourth-order valence-electron chi connectivity index (χ4n) is 3.26. The Balaban J connectivity index is 1.63. The molecular weight excluding hydrogens is 356 g/mol. The van der Waals surface area contributed by atoms with Gasteiger partial charge in [0.1, 0.15) is 0 Å². The topological polar surface area (TPSA) is 67.9 Å². The van der Waals surface area contributed by atoms with Crippen LogP contribution in [0.15, 0.2) is 54.6 Å². The number of amides is 2. The van der Waals surface area contributed by atoms with Gasteiger partial charge in [-0.05, 0) is 31.0 Å². The number of nitrogens with zero attached hydrogens (tertiary/aromatic N) is 1. The van der Waals surface area contributed by atoms with Gasteiger partial charge in [0.15, 0.2) is 18.1 Å². The Morgan fingerprint density at radius 1 is 1.07 bits per heavy atom. The zero-order chi connectivity index (χ0) is 19.8. The lowest BCUT2D eigenvalue weighted by Crippen LogP contribution is -2.40. The maximum atomic E-state index is 12.5. The molecule has 0 spiro atoms. The molecule has 1 unspecified atom stereocenters. The summed E-state index contributed by atoms with van der Waals surface area (Å²) in [7, 11) is 0. The van der Waals surface area contributed by atoms with Crippen LogP contribution < -0.4 is 14.8 Å². The standard InChI is InChI=1S/C22H26N2O4/c1-2-27-19-11-6-7-12-20(19)28-16-21(25)23-18(17-9-4-3-5-10-17)15-24-14-8-13-22(24)26/h3-7,9-12,18H,2,8,13-16H2,1H3,(H,23,25). The van der Waals surface area contributed by atoms with Gasteiger partial charge in [-0.1, -0.05) is 42.5 Å². The summed E-state index contributed by atoms with van der Waals surface area (Å²) in [6.45, 7) is 3.49. The van der Waals surface area contributed by atoms with Gasteiger partial charge in [-0.25, -0.2) is 0 Å². The van der Waals surface area contributed by atoms with Gasteiger partial charge in [0.05, 0.1) is 12.6 Å². The number of carbonyl (C=O) groups excluding carboxylic acids is 2. The second-order valence-electron chi connectivity index (χ2n) is 6.64. The first kappa shape index (κ1) is 19.7. The third-order valence-corrected chi connectivity index (χ3v) is 4.62. The molecule has 1 heterocycles. The second kappa shape index (κ2) is 9.78. The van der Waals surface area contributed by atoms with E-state index in [1.807, 2.05) is 60.4 Å². The number of benzene rings is 2. The smallest absolute Gasteiger partial charge is 0.258 e. The lowest BCUT2D eigenvalue weighted by molar-refractivity contribution is -0.129. The van der Waals surface area contributed by atoms with E-state index in [-0.39, 0.29) is 24.5 Å². The van der Waals surface area contributed by atoms with Crippen molar-refractivity contribution in [3.63, 3.8) is 0 Å².